The molecule has 0 spiro atoms. The van der Waals surface area contributed by atoms with Crippen LogP contribution in [0.2, 0.25) is 0 Å². The molecule has 6 heteroatoms. The van der Waals surface area contributed by atoms with Crippen molar-refractivity contribution in [3.8, 4) is 11.5 Å². The number of rotatable bonds is 8. The van der Waals surface area contributed by atoms with E-state index in [1.54, 1.807) is 30.3 Å². The highest BCUT2D eigenvalue weighted by molar-refractivity contribution is 5.93. The van der Waals surface area contributed by atoms with Crippen LogP contribution in [0.5, 0.6) is 11.5 Å². The molecule has 148 valence electrons. The van der Waals surface area contributed by atoms with E-state index in [4.69, 9.17) is 9.47 Å². The summed E-state index contributed by atoms with van der Waals surface area (Å²) in [6.07, 6.45) is 0.252. The Balaban J connectivity index is 1.54. The maximum absolute atomic E-state index is 12.3. The maximum Gasteiger partial charge on any atom is 0.337 e. The van der Waals surface area contributed by atoms with Crippen molar-refractivity contribution in [1.82, 2.24) is 0 Å². The van der Waals surface area contributed by atoms with Crippen LogP contribution in [0.25, 0.3) is 0 Å². The van der Waals surface area contributed by atoms with E-state index >= 15 is 0 Å². The molecule has 0 heterocycles. The third-order valence-corrected chi connectivity index (χ3v) is 4.10. The molecule has 3 rings (SSSR count). The Morgan fingerprint density at radius 2 is 1.66 bits per heavy atom. The third-order valence-electron chi connectivity index (χ3n) is 4.10. The molecule has 0 saturated heterocycles. The van der Waals surface area contributed by atoms with E-state index in [1.165, 1.54) is 7.11 Å². The Morgan fingerprint density at radius 3 is 2.45 bits per heavy atom. The van der Waals surface area contributed by atoms with Crippen LogP contribution in [0, 0.1) is 0 Å². The minimum absolute atomic E-state index is 0.147. The zero-order valence-electron chi connectivity index (χ0n) is 16.1. The van der Waals surface area contributed by atoms with E-state index in [1.807, 2.05) is 48.5 Å². The van der Waals surface area contributed by atoms with Gasteiger partial charge >= 0.3 is 5.97 Å². The number of amides is 1. The standard InChI is InChI=1S/C23H22N2O4/c1-28-23(27)17-8-7-9-18(16-17)24-15-14-22(26)25-20-12-5-6-13-21(20)29-19-10-3-2-4-11-19/h2-13,16,24H,14-15H2,1H3,(H,25,26). The monoisotopic (exact) mass is 390 g/mol. The highest BCUT2D eigenvalue weighted by Crippen LogP contribution is 2.29. The summed E-state index contributed by atoms with van der Waals surface area (Å²) in [6, 6.07) is 23.6. The number of anilines is 2. The molecule has 0 aliphatic rings. The first-order valence-electron chi connectivity index (χ1n) is 9.20. The minimum Gasteiger partial charge on any atom is -0.465 e. The SMILES string of the molecule is COC(=O)c1cccc(NCCC(=O)Nc2ccccc2Oc2ccccc2)c1. The van der Waals surface area contributed by atoms with E-state index in [2.05, 4.69) is 10.6 Å². The molecular formula is C23H22N2O4. The number of hydrogen-bond acceptors (Lipinski definition) is 5. The lowest BCUT2D eigenvalue weighted by Gasteiger charge is -2.12. The molecule has 0 radical (unpaired) electrons. The van der Waals surface area contributed by atoms with Crippen molar-refractivity contribution in [3.63, 3.8) is 0 Å². The van der Waals surface area contributed by atoms with Gasteiger partial charge in [-0.05, 0) is 42.5 Å². The van der Waals surface area contributed by atoms with Gasteiger partial charge in [-0.15, -0.1) is 0 Å². The van der Waals surface area contributed by atoms with Crippen molar-refractivity contribution in [2.45, 2.75) is 6.42 Å². The van der Waals surface area contributed by atoms with Crippen LogP contribution in [0.15, 0.2) is 78.9 Å². The van der Waals surface area contributed by atoms with Gasteiger partial charge in [0, 0.05) is 18.7 Å². The number of methoxy groups -OCH3 is 1. The lowest BCUT2D eigenvalue weighted by Crippen LogP contribution is -2.16. The lowest BCUT2D eigenvalue weighted by molar-refractivity contribution is -0.116. The number of esters is 1. The van der Waals surface area contributed by atoms with Gasteiger partial charge in [0.25, 0.3) is 0 Å². The highest BCUT2D eigenvalue weighted by atomic mass is 16.5. The number of ether oxygens (including phenoxy) is 2. The van der Waals surface area contributed by atoms with E-state index in [9.17, 15) is 9.59 Å². The van der Waals surface area contributed by atoms with Gasteiger partial charge in [0.05, 0.1) is 18.4 Å². The van der Waals surface area contributed by atoms with Crippen LogP contribution < -0.4 is 15.4 Å². The summed E-state index contributed by atoms with van der Waals surface area (Å²) in [5, 5.41) is 6.01. The zero-order chi connectivity index (χ0) is 20.5. The molecule has 0 bridgehead atoms. The molecular weight excluding hydrogens is 368 g/mol. The predicted octanol–water partition coefficient (Wildman–Crippen LogP) is 4.71. The van der Waals surface area contributed by atoms with Gasteiger partial charge in [-0.3, -0.25) is 4.79 Å². The number of nitrogens with one attached hydrogen (secondary N) is 2. The fourth-order valence-electron chi connectivity index (χ4n) is 2.68. The Hall–Kier alpha value is -3.80. The second-order valence-electron chi connectivity index (χ2n) is 6.21. The summed E-state index contributed by atoms with van der Waals surface area (Å²) in [5.41, 5.74) is 1.80. The van der Waals surface area contributed by atoms with Gasteiger partial charge < -0.3 is 20.1 Å². The number of carbonyl (C=O) groups excluding carboxylic acids is 2. The summed E-state index contributed by atoms with van der Waals surface area (Å²) in [4.78, 5) is 23.9. The Labute approximate surface area is 169 Å². The van der Waals surface area contributed by atoms with Crippen LogP contribution in [-0.4, -0.2) is 25.5 Å². The molecule has 2 N–H and O–H groups in total. The van der Waals surface area contributed by atoms with Crippen LogP contribution in [0.1, 0.15) is 16.8 Å². The summed E-state index contributed by atoms with van der Waals surface area (Å²) >= 11 is 0. The quantitative estimate of drug-likeness (QED) is 0.545. The number of hydrogen-bond donors (Lipinski definition) is 2. The molecule has 0 aliphatic heterocycles. The molecule has 0 fully saturated rings. The van der Waals surface area contributed by atoms with Crippen molar-refractivity contribution in [2.24, 2.45) is 0 Å². The summed E-state index contributed by atoms with van der Waals surface area (Å²) in [5.74, 6) is 0.722. The second kappa shape index (κ2) is 9.94. The van der Waals surface area contributed by atoms with E-state index in [0.717, 1.165) is 5.69 Å². The van der Waals surface area contributed by atoms with Crippen molar-refractivity contribution in [3.05, 3.63) is 84.4 Å². The van der Waals surface area contributed by atoms with E-state index in [-0.39, 0.29) is 12.3 Å². The predicted molar refractivity (Wildman–Crippen MR) is 112 cm³/mol. The number of carbonyl (C=O) groups is 2. The fourth-order valence-corrected chi connectivity index (χ4v) is 2.68. The first kappa shape index (κ1) is 19.9. The van der Waals surface area contributed by atoms with Crippen molar-refractivity contribution in [2.75, 3.05) is 24.3 Å². The Morgan fingerprint density at radius 1 is 0.897 bits per heavy atom. The minimum atomic E-state index is -0.401. The molecule has 29 heavy (non-hydrogen) atoms. The molecule has 1 amide bonds. The topological polar surface area (TPSA) is 76.7 Å². The van der Waals surface area contributed by atoms with Gasteiger partial charge in [-0.1, -0.05) is 36.4 Å². The molecule has 0 atom stereocenters. The number of para-hydroxylation sites is 3. The van der Waals surface area contributed by atoms with Gasteiger partial charge in [-0.2, -0.15) is 0 Å². The van der Waals surface area contributed by atoms with Crippen molar-refractivity contribution >= 4 is 23.3 Å². The smallest absolute Gasteiger partial charge is 0.337 e. The lowest BCUT2D eigenvalue weighted by atomic mass is 10.2. The molecule has 0 saturated carbocycles. The van der Waals surface area contributed by atoms with Crippen LogP contribution in [0.4, 0.5) is 11.4 Å². The van der Waals surface area contributed by atoms with Gasteiger partial charge in [0.1, 0.15) is 5.75 Å². The average molecular weight is 390 g/mol. The largest absolute Gasteiger partial charge is 0.465 e. The molecule has 6 nitrogen and oxygen atoms in total. The van der Waals surface area contributed by atoms with E-state index < -0.39 is 5.97 Å². The fraction of sp³-hybridized carbons (Fsp3) is 0.130. The van der Waals surface area contributed by atoms with Crippen molar-refractivity contribution < 1.29 is 19.1 Å². The van der Waals surface area contributed by atoms with Crippen molar-refractivity contribution in [1.29, 1.82) is 0 Å². The zero-order valence-corrected chi connectivity index (χ0v) is 16.1. The molecule has 3 aromatic carbocycles. The normalized spacial score (nSPS) is 10.1. The van der Waals surface area contributed by atoms with Gasteiger partial charge in [0.2, 0.25) is 5.91 Å². The highest BCUT2D eigenvalue weighted by Gasteiger charge is 2.09. The Kier molecular flexibility index (Phi) is 6.84. The first-order chi connectivity index (χ1) is 14.2. The Bertz CT molecular complexity index is 973. The summed E-state index contributed by atoms with van der Waals surface area (Å²) in [7, 11) is 1.34. The molecule has 0 unspecified atom stereocenters. The van der Waals surface area contributed by atoms with Gasteiger partial charge in [-0.25, -0.2) is 4.79 Å². The van der Waals surface area contributed by atoms with Crippen LogP contribution >= 0.6 is 0 Å². The van der Waals surface area contributed by atoms with Gasteiger partial charge in [0.15, 0.2) is 5.75 Å². The first-order valence-corrected chi connectivity index (χ1v) is 9.20. The van der Waals surface area contributed by atoms with Crippen LogP contribution in [-0.2, 0) is 9.53 Å². The second-order valence-corrected chi connectivity index (χ2v) is 6.21. The number of benzene rings is 3. The third kappa shape index (κ3) is 5.84. The molecule has 0 aromatic heterocycles. The summed E-state index contributed by atoms with van der Waals surface area (Å²) in [6.45, 7) is 0.415. The molecule has 0 aliphatic carbocycles. The maximum atomic E-state index is 12.3. The molecule has 3 aromatic rings. The van der Waals surface area contributed by atoms with E-state index in [0.29, 0.717) is 29.3 Å². The summed E-state index contributed by atoms with van der Waals surface area (Å²) < 4.78 is 10.6. The average Bonchev–Trinajstić information content (AvgIpc) is 2.75. The van der Waals surface area contributed by atoms with Crippen LogP contribution in [0.3, 0.4) is 0 Å².